The van der Waals surface area contributed by atoms with Gasteiger partial charge in [-0.2, -0.15) is 0 Å². The van der Waals surface area contributed by atoms with Crippen LogP contribution in [0.1, 0.15) is 13.3 Å². The molecule has 0 saturated heterocycles. The van der Waals surface area contributed by atoms with Crippen molar-refractivity contribution in [3.05, 3.63) is 30.1 Å². The summed E-state index contributed by atoms with van der Waals surface area (Å²) in [6.45, 7) is 2.43. The van der Waals surface area contributed by atoms with Gasteiger partial charge in [0.2, 0.25) is 5.91 Å². The molecule has 0 aromatic heterocycles. The van der Waals surface area contributed by atoms with Crippen molar-refractivity contribution in [3.8, 4) is 0 Å². The molecule has 5 nitrogen and oxygen atoms in total. The second-order valence-corrected chi connectivity index (χ2v) is 5.64. The van der Waals surface area contributed by atoms with E-state index in [1.54, 1.807) is 26.1 Å². The van der Waals surface area contributed by atoms with Gasteiger partial charge in [-0.25, -0.2) is 4.39 Å². The first-order valence-corrected chi connectivity index (χ1v) is 6.85. The highest BCUT2D eigenvalue weighted by Crippen LogP contribution is 2.16. The number of carbonyl (C=O) groups is 1. The van der Waals surface area contributed by atoms with Crippen LogP contribution in [0.25, 0.3) is 0 Å². The summed E-state index contributed by atoms with van der Waals surface area (Å²) in [6.07, 6.45) is 0.206. The van der Waals surface area contributed by atoms with Crippen LogP contribution in [0.2, 0.25) is 0 Å². The molecule has 1 aromatic carbocycles. The molecule has 0 saturated carbocycles. The Labute approximate surface area is 124 Å². The van der Waals surface area contributed by atoms with Crippen molar-refractivity contribution >= 4 is 11.6 Å². The molecule has 0 aliphatic heterocycles. The minimum Gasteiger partial charge on any atom is -0.396 e. The van der Waals surface area contributed by atoms with Gasteiger partial charge in [-0.1, -0.05) is 19.1 Å². The number of para-hydroxylation sites is 1. The van der Waals surface area contributed by atoms with Gasteiger partial charge in [-0.3, -0.25) is 4.79 Å². The van der Waals surface area contributed by atoms with E-state index in [0.717, 1.165) is 0 Å². The van der Waals surface area contributed by atoms with Gasteiger partial charge in [0.1, 0.15) is 5.82 Å². The molecule has 6 heteroatoms. The van der Waals surface area contributed by atoms with Gasteiger partial charge < -0.3 is 20.4 Å². The van der Waals surface area contributed by atoms with Gasteiger partial charge in [0.05, 0.1) is 18.9 Å². The molecule has 118 valence electrons. The lowest BCUT2D eigenvalue weighted by Gasteiger charge is -2.30. The van der Waals surface area contributed by atoms with Crippen LogP contribution < -0.4 is 5.32 Å². The van der Waals surface area contributed by atoms with E-state index in [9.17, 15) is 19.4 Å². The van der Waals surface area contributed by atoms with Crippen LogP contribution in [0, 0.1) is 11.2 Å². The molecule has 0 atom stereocenters. The number of halogens is 1. The highest BCUT2D eigenvalue weighted by molar-refractivity contribution is 5.90. The Bertz CT molecular complexity index is 464. The fraction of sp³-hybridized carbons (Fsp3) is 0.533. The monoisotopic (exact) mass is 298 g/mol. The lowest BCUT2D eigenvalue weighted by molar-refractivity contribution is -0.116. The molecule has 0 bridgehead atoms. The summed E-state index contributed by atoms with van der Waals surface area (Å²) in [4.78, 5) is 13.6. The average molecular weight is 298 g/mol. The van der Waals surface area contributed by atoms with Crippen molar-refractivity contribution < 1.29 is 19.4 Å². The average Bonchev–Trinajstić information content (AvgIpc) is 2.47. The smallest absolute Gasteiger partial charge is 0.225 e. The van der Waals surface area contributed by atoms with Crippen LogP contribution in [0.5, 0.6) is 0 Å². The van der Waals surface area contributed by atoms with E-state index in [4.69, 9.17) is 0 Å². The zero-order valence-electron chi connectivity index (χ0n) is 12.5. The summed E-state index contributed by atoms with van der Waals surface area (Å²) in [7, 11) is 1.81. The number of hydrogen-bond acceptors (Lipinski definition) is 4. The van der Waals surface area contributed by atoms with Crippen LogP contribution >= 0.6 is 0 Å². The first-order chi connectivity index (χ1) is 9.90. The van der Waals surface area contributed by atoms with E-state index in [1.807, 2.05) is 4.90 Å². The summed E-state index contributed by atoms with van der Waals surface area (Å²) in [5.74, 6) is -0.742. The van der Waals surface area contributed by atoms with Crippen LogP contribution in [0.3, 0.4) is 0 Å². The van der Waals surface area contributed by atoms with E-state index >= 15 is 0 Å². The maximum Gasteiger partial charge on any atom is 0.225 e. The normalized spacial score (nSPS) is 11.7. The van der Waals surface area contributed by atoms with Crippen LogP contribution in [0.15, 0.2) is 24.3 Å². The molecule has 0 radical (unpaired) electrons. The summed E-state index contributed by atoms with van der Waals surface area (Å²) in [5, 5.41) is 21.0. The Morgan fingerprint density at radius 1 is 1.33 bits per heavy atom. The van der Waals surface area contributed by atoms with E-state index in [-0.39, 0.29) is 31.2 Å². The van der Waals surface area contributed by atoms with Crippen LogP contribution in [0.4, 0.5) is 10.1 Å². The van der Waals surface area contributed by atoms with Crippen LogP contribution in [-0.4, -0.2) is 54.4 Å². The van der Waals surface area contributed by atoms with Crippen molar-refractivity contribution in [3.63, 3.8) is 0 Å². The third-order valence-electron chi connectivity index (χ3n) is 3.28. The van der Waals surface area contributed by atoms with Crippen LogP contribution in [-0.2, 0) is 4.79 Å². The Morgan fingerprint density at radius 3 is 2.52 bits per heavy atom. The van der Waals surface area contributed by atoms with E-state index in [0.29, 0.717) is 13.1 Å². The van der Waals surface area contributed by atoms with Crippen molar-refractivity contribution in [1.82, 2.24) is 4.90 Å². The Morgan fingerprint density at radius 2 is 1.95 bits per heavy atom. The maximum absolute atomic E-state index is 13.4. The highest BCUT2D eigenvalue weighted by Gasteiger charge is 2.24. The largest absolute Gasteiger partial charge is 0.396 e. The summed E-state index contributed by atoms with van der Waals surface area (Å²) in [6, 6.07) is 6.00. The van der Waals surface area contributed by atoms with Crippen molar-refractivity contribution in [2.75, 3.05) is 38.7 Å². The number of anilines is 1. The van der Waals surface area contributed by atoms with E-state index in [2.05, 4.69) is 5.32 Å². The molecule has 0 heterocycles. The zero-order valence-corrected chi connectivity index (χ0v) is 12.5. The molecule has 1 aromatic rings. The first-order valence-electron chi connectivity index (χ1n) is 6.85. The number of nitrogens with zero attached hydrogens (tertiary/aromatic N) is 1. The SMILES string of the molecule is CN(CCC(=O)Nc1ccccc1F)CC(C)(CO)CO. The van der Waals surface area contributed by atoms with Crippen molar-refractivity contribution in [1.29, 1.82) is 0 Å². The van der Waals surface area contributed by atoms with Crippen molar-refractivity contribution in [2.45, 2.75) is 13.3 Å². The third kappa shape index (κ3) is 5.79. The second kappa shape index (κ2) is 8.07. The number of nitrogens with one attached hydrogen (secondary N) is 1. The van der Waals surface area contributed by atoms with E-state index < -0.39 is 11.2 Å². The van der Waals surface area contributed by atoms with Gasteiger partial charge in [0, 0.05) is 24.9 Å². The molecule has 0 aliphatic carbocycles. The summed E-state index contributed by atoms with van der Waals surface area (Å²) < 4.78 is 13.4. The predicted molar refractivity (Wildman–Crippen MR) is 79.4 cm³/mol. The number of benzene rings is 1. The molecular weight excluding hydrogens is 275 g/mol. The first kappa shape index (κ1) is 17.6. The summed E-state index contributed by atoms with van der Waals surface area (Å²) in [5.41, 5.74) is -0.433. The van der Waals surface area contributed by atoms with Gasteiger partial charge in [0.25, 0.3) is 0 Å². The highest BCUT2D eigenvalue weighted by atomic mass is 19.1. The quantitative estimate of drug-likeness (QED) is 0.671. The number of carbonyl (C=O) groups excluding carboxylic acids is 1. The Kier molecular flexibility index (Phi) is 6.74. The van der Waals surface area contributed by atoms with Gasteiger partial charge in [-0.15, -0.1) is 0 Å². The Balaban J connectivity index is 2.41. The number of aliphatic hydroxyl groups excluding tert-OH is 2. The predicted octanol–water partition coefficient (Wildman–Crippen LogP) is 1.08. The maximum atomic E-state index is 13.4. The lowest BCUT2D eigenvalue weighted by Crippen LogP contribution is -2.40. The number of rotatable bonds is 8. The minimum atomic E-state index is -0.600. The second-order valence-electron chi connectivity index (χ2n) is 5.64. The number of hydrogen-bond donors (Lipinski definition) is 3. The zero-order chi connectivity index (χ0) is 15.9. The summed E-state index contributed by atoms with van der Waals surface area (Å²) >= 11 is 0. The fourth-order valence-electron chi connectivity index (χ4n) is 1.95. The molecule has 3 N–H and O–H groups in total. The third-order valence-corrected chi connectivity index (χ3v) is 3.28. The molecule has 21 heavy (non-hydrogen) atoms. The molecule has 0 unspecified atom stereocenters. The molecule has 0 fully saturated rings. The molecular formula is C15H23FN2O3. The van der Waals surface area contributed by atoms with Gasteiger partial charge in [0.15, 0.2) is 0 Å². The molecule has 1 rings (SSSR count). The molecule has 0 aliphatic rings. The van der Waals surface area contributed by atoms with E-state index in [1.165, 1.54) is 12.1 Å². The fourth-order valence-corrected chi connectivity index (χ4v) is 1.95. The van der Waals surface area contributed by atoms with Gasteiger partial charge >= 0.3 is 0 Å². The number of amides is 1. The van der Waals surface area contributed by atoms with Gasteiger partial charge in [-0.05, 0) is 19.2 Å². The standard InChI is InChI=1S/C15H23FN2O3/c1-15(10-19,11-20)9-18(2)8-7-14(21)17-13-6-4-3-5-12(13)16/h3-6,19-20H,7-11H2,1-2H3,(H,17,21). The lowest BCUT2D eigenvalue weighted by atomic mass is 9.92. The minimum absolute atomic E-state index is 0.130. The molecule has 0 spiro atoms. The topological polar surface area (TPSA) is 72.8 Å². The molecule has 1 amide bonds. The Hall–Kier alpha value is -1.50. The number of aliphatic hydroxyl groups is 2. The van der Waals surface area contributed by atoms with Crippen molar-refractivity contribution in [2.24, 2.45) is 5.41 Å².